The maximum absolute atomic E-state index is 12.9. The van der Waals surface area contributed by atoms with Crippen LogP contribution in [-0.4, -0.2) is 54.5 Å². The molecule has 3 aromatic rings. The van der Waals surface area contributed by atoms with Gasteiger partial charge in [0.2, 0.25) is 0 Å². The summed E-state index contributed by atoms with van der Waals surface area (Å²) in [5, 5.41) is 0. The van der Waals surface area contributed by atoms with Crippen LogP contribution in [0.1, 0.15) is 48.9 Å². The highest BCUT2D eigenvalue weighted by molar-refractivity contribution is 7.92. The number of hydrogen-bond donors (Lipinski definition) is 3. The van der Waals surface area contributed by atoms with E-state index in [2.05, 4.69) is 14.7 Å². The Bertz CT molecular complexity index is 1330. The molecule has 2 heterocycles. The van der Waals surface area contributed by atoms with Crippen LogP contribution in [0.5, 0.6) is 0 Å². The van der Waals surface area contributed by atoms with Crippen LogP contribution in [0.2, 0.25) is 0 Å². The maximum atomic E-state index is 12.9. The molecule has 9 nitrogen and oxygen atoms in total. The van der Waals surface area contributed by atoms with E-state index in [1.165, 1.54) is 31.0 Å². The first-order chi connectivity index (χ1) is 16.4. The number of amides is 1. The van der Waals surface area contributed by atoms with E-state index in [4.69, 9.17) is 4.74 Å². The second-order valence-corrected chi connectivity index (χ2v) is 10.7. The Balaban J connectivity index is 1.20. The molecule has 1 amide bonds. The Morgan fingerprint density at radius 1 is 0.912 bits per heavy atom. The molecule has 1 aromatic heterocycles. The van der Waals surface area contributed by atoms with Gasteiger partial charge in [-0.2, -0.15) is 0 Å². The topological polar surface area (TPSA) is 124 Å². The molecule has 0 atom stereocenters. The molecule has 10 heteroatoms. The van der Waals surface area contributed by atoms with Crippen LogP contribution >= 0.6 is 0 Å². The third-order valence-electron chi connectivity index (χ3n) is 6.60. The number of fused-ring (bicyclic) bond motifs is 1. The van der Waals surface area contributed by atoms with Crippen molar-refractivity contribution in [2.75, 3.05) is 17.8 Å². The minimum Gasteiger partial charge on any atom is -0.375 e. The number of nitrogens with zero attached hydrogens (tertiary/aromatic N) is 1. The Hall–Kier alpha value is -3.11. The van der Waals surface area contributed by atoms with Gasteiger partial charge in [-0.15, -0.1) is 0 Å². The molecule has 0 radical (unpaired) electrons. The van der Waals surface area contributed by atoms with E-state index in [1.807, 2.05) is 4.90 Å². The number of aromatic nitrogens is 2. The zero-order chi connectivity index (χ0) is 23.7. The molecule has 1 saturated carbocycles. The van der Waals surface area contributed by atoms with Gasteiger partial charge < -0.3 is 19.6 Å². The number of hydrogen-bond acceptors (Lipinski definition) is 5. The molecule has 0 unspecified atom stereocenters. The van der Waals surface area contributed by atoms with Crippen LogP contribution < -0.4 is 10.4 Å². The van der Waals surface area contributed by atoms with Crippen LogP contribution in [-0.2, 0) is 14.8 Å². The number of nitrogens with one attached hydrogen (secondary N) is 3. The van der Waals surface area contributed by atoms with Gasteiger partial charge >= 0.3 is 5.69 Å². The number of carbonyl (C=O) groups excluding carboxylic acids is 1. The SMILES string of the molecule is O=C(c1ccc(NS(=O)(=O)c2ccc3[nH]c(=O)[nH]c3c2)cc1)N1CCC(OC2CCCC2)CC1. The molecular weight excluding hydrogens is 456 g/mol. The summed E-state index contributed by atoms with van der Waals surface area (Å²) in [6, 6.07) is 10.8. The molecule has 3 N–H and O–H groups in total. The zero-order valence-corrected chi connectivity index (χ0v) is 19.6. The predicted molar refractivity (Wildman–Crippen MR) is 128 cm³/mol. The molecule has 0 spiro atoms. The molecule has 2 aliphatic rings. The third kappa shape index (κ3) is 4.88. The summed E-state index contributed by atoms with van der Waals surface area (Å²) in [5.74, 6) is -0.0596. The van der Waals surface area contributed by atoms with E-state index in [-0.39, 0.29) is 16.9 Å². The van der Waals surface area contributed by atoms with E-state index in [9.17, 15) is 18.0 Å². The normalized spacial score (nSPS) is 17.9. The summed E-state index contributed by atoms with van der Waals surface area (Å²) < 4.78 is 34.3. The second-order valence-electron chi connectivity index (χ2n) is 9.00. The summed E-state index contributed by atoms with van der Waals surface area (Å²) in [4.78, 5) is 31.3. The number of imidazole rings is 1. The summed E-state index contributed by atoms with van der Waals surface area (Å²) in [6.07, 6.45) is 7.09. The van der Waals surface area contributed by atoms with Crippen LogP contribution in [0.25, 0.3) is 11.0 Å². The van der Waals surface area contributed by atoms with Crippen molar-refractivity contribution in [1.29, 1.82) is 0 Å². The highest BCUT2D eigenvalue weighted by atomic mass is 32.2. The van der Waals surface area contributed by atoms with Crippen LogP contribution in [0, 0.1) is 0 Å². The lowest BCUT2D eigenvalue weighted by molar-refractivity contribution is -0.0357. The molecule has 1 aliphatic carbocycles. The Labute approximate surface area is 197 Å². The van der Waals surface area contributed by atoms with Gasteiger partial charge in [0.1, 0.15) is 0 Å². The lowest BCUT2D eigenvalue weighted by Gasteiger charge is -2.33. The first kappa shape index (κ1) is 22.7. The van der Waals surface area contributed by atoms with E-state index >= 15 is 0 Å². The molecular formula is C24H28N4O5S. The van der Waals surface area contributed by atoms with Crippen LogP contribution in [0.3, 0.4) is 0 Å². The number of H-pyrrole nitrogens is 2. The van der Waals surface area contributed by atoms with Crippen LogP contribution in [0.4, 0.5) is 5.69 Å². The number of aromatic amines is 2. The van der Waals surface area contributed by atoms with Gasteiger partial charge in [0.15, 0.2) is 0 Å². The summed E-state index contributed by atoms with van der Waals surface area (Å²) in [7, 11) is -3.86. The van der Waals surface area contributed by atoms with Crippen molar-refractivity contribution >= 4 is 32.7 Å². The number of piperidine rings is 1. The van der Waals surface area contributed by atoms with Crippen molar-refractivity contribution in [3.05, 3.63) is 58.5 Å². The molecule has 2 fully saturated rings. The number of anilines is 1. The van der Waals surface area contributed by atoms with Crippen LogP contribution in [0.15, 0.2) is 52.2 Å². The average Bonchev–Trinajstić information content (AvgIpc) is 3.47. The number of rotatable bonds is 6. The van der Waals surface area contributed by atoms with E-state index in [1.54, 1.807) is 24.3 Å². The zero-order valence-electron chi connectivity index (χ0n) is 18.7. The van der Waals surface area contributed by atoms with Crippen molar-refractivity contribution < 1.29 is 17.9 Å². The fraction of sp³-hybridized carbons (Fsp3) is 0.417. The standard InChI is InChI=1S/C24H28N4O5S/c29-23(28-13-11-19(12-14-28)33-18-3-1-2-4-18)16-5-7-17(8-6-16)27-34(31,32)20-9-10-21-22(15-20)26-24(30)25-21/h5-10,15,18-19,27H,1-4,11-14H2,(H2,25,26,30). The predicted octanol–water partition coefficient (Wildman–Crippen LogP) is 3.22. The molecule has 1 aliphatic heterocycles. The summed E-state index contributed by atoms with van der Waals surface area (Å²) >= 11 is 0. The van der Waals surface area contributed by atoms with Gasteiger partial charge in [-0.3, -0.25) is 9.52 Å². The smallest absolute Gasteiger partial charge is 0.323 e. The van der Waals surface area contributed by atoms with E-state index in [0.29, 0.717) is 41.5 Å². The Morgan fingerprint density at radius 2 is 1.56 bits per heavy atom. The molecule has 34 heavy (non-hydrogen) atoms. The molecule has 2 aromatic carbocycles. The molecule has 0 bridgehead atoms. The Morgan fingerprint density at radius 3 is 2.26 bits per heavy atom. The van der Waals surface area contributed by atoms with Crippen molar-refractivity contribution in [1.82, 2.24) is 14.9 Å². The highest BCUT2D eigenvalue weighted by Crippen LogP contribution is 2.26. The summed E-state index contributed by atoms with van der Waals surface area (Å²) in [6.45, 7) is 1.32. The van der Waals surface area contributed by atoms with Gasteiger partial charge in [0, 0.05) is 24.3 Å². The van der Waals surface area contributed by atoms with Gasteiger partial charge in [0.05, 0.1) is 28.1 Å². The van der Waals surface area contributed by atoms with Gasteiger partial charge in [-0.1, -0.05) is 12.8 Å². The fourth-order valence-corrected chi connectivity index (χ4v) is 5.83. The lowest BCUT2D eigenvalue weighted by Crippen LogP contribution is -2.41. The van der Waals surface area contributed by atoms with Crippen molar-refractivity contribution in [2.24, 2.45) is 0 Å². The number of ether oxygens (including phenoxy) is 1. The van der Waals surface area contributed by atoms with Gasteiger partial charge in [-0.25, -0.2) is 13.2 Å². The highest BCUT2D eigenvalue weighted by Gasteiger charge is 2.27. The lowest BCUT2D eigenvalue weighted by atomic mass is 10.1. The first-order valence-corrected chi connectivity index (χ1v) is 13.2. The van der Waals surface area contributed by atoms with Crippen molar-refractivity contribution in [3.8, 4) is 0 Å². The second kappa shape index (κ2) is 9.27. The minimum atomic E-state index is -3.86. The number of carbonyl (C=O) groups is 1. The number of sulfonamides is 1. The fourth-order valence-electron chi connectivity index (χ4n) is 4.75. The average molecular weight is 485 g/mol. The quantitative estimate of drug-likeness (QED) is 0.496. The maximum Gasteiger partial charge on any atom is 0.323 e. The summed E-state index contributed by atoms with van der Waals surface area (Å²) in [5.41, 5.74) is 1.41. The molecule has 180 valence electrons. The molecule has 5 rings (SSSR count). The first-order valence-electron chi connectivity index (χ1n) is 11.7. The van der Waals surface area contributed by atoms with Gasteiger partial charge in [0.25, 0.3) is 15.9 Å². The van der Waals surface area contributed by atoms with E-state index in [0.717, 1.165) is 25.7 Å². The Kier molecular flexibility index (Phi) is 6.18. The number of likely N-dealkylation sites (tertiary alicyclic amines) is 1. The largest absolute Gasteiger partial charge is 0.375 e. The molecule has 1 saturated heterocycles. The van der Waals surface area contributed by atoms with Gasteiger partial charge in [-0.05, 0) is 68.1 Å². The van der Waals surface area contributed by atoms with Crippen molar-refractivity contribution in [3.63, 3.8) is 0 Å². The number of benzene rings is 2. The van der Waals surface area contributed by atoms with Crippen molar-refractivity contribution in [2.45, 2.75) is 55.6 Å². The van der Waals surface area contributed by atoms with E-state index < -0.39 is 15.7 Å². The third-order valence-corrected chi connectivity index (χ3v) is 7.98. The monoisotopic (exact) mass is 484 g/mol. The minimum absolute atomic E-state index is 0.0260.